The zero-order valence-electron chi connectivity index (χ0n) is 51.2. The molecule has 0 aromatic carbocycles. The van der Waals surface area contributed by atoms with Crippen LogP contribution < -0.4 is 10.6 Å². The van der Waals surface area contributed by atoms with E-state index < -0.39 is 0 Å². The van der Waals surface area contributed by atoms with Crippen LogP contribution in [0.1, 0.15) is 188 Å². The third-order valence-corrected chi connectivity index (χ3v) is 13.1. The Bertz CT molecular complexity index is 1680. The van der Waals surface area contributed by atoms with Gasteiger partial charge >= 0.3 is 0 Å². The minimum absolute atomic E-state index is 0.0132. The molecule has 2 rings (SSSR count). The lowest BCUT2D eigenvalue weighted by Crippen LogP contribution is -2.31. The van der Waals surface area contributed by atoms with Crippen molar-refractivity contribution in [3.63, 3.8) is 0 Å². The molecule has 0 aromatic rings. The number of likely N-dealkylation sites (N-methyl/N-ethyl adjacent to an activating group) is 2. The lowest BCUT2D eigenvalue weighted by molar-refractivity contribution is -0.138. The minimum atomic E-state index is -0.309. The van der Waals surface area contributed by atoms with Crippen molar-refractivity contribution in [2.45, 2.75) is 198 Å². The monoisotopic (exact) mass is 1100 g/mol. The highest BCUT2D eigenvalue weighted by molar-refractivity contribution is 8.00. The molecule has 18 heteroatoms. The first-order chi connectivity index (χ1) is 34.2. The lowest BCUT2D eigenvalue weighted by atomic mass is 9.89. The molecule has 0 aliphatic carbocycles. The van der Waals surface area contributed by atoms with Gasteiger partial charge in [0.15, 0.2) is 0 Å². The number of amides is 7. The summed E-state index contributed by atoms with van der Waals surface area (Å²) in [7, 11) is 8.13. The van der Waals surface area contributed by atoms with Crippen LogP contribution in [0, 0.1) is 27.1 Å². The molecular weight excluding hydrogens is 995 g/mol. The SMILES string of the molecule is CC(=O)CCCCCCC(C)(C)C.CN(C)C(=O)COCC(C)(C)C.CN1C(=O)CC(SCCCCCC(C)(C)C)C1=O.CN1C(=O)CC(SCCNC(=O)COCC(C)(C)C)C1=O.CNC(=O)COCC(C)(C)C. The van der Waals surface area contributed by atoms with E-state index in [1.807, 2.05) is 20.8 Å². The predicted molar refractivity (Wildman–Crippen MR) is 310 cm³/mol. The highest BCUT2D eigenvalue weighted by Crippen LogP contribution is 2.27. The maximum Gasteiger partial charge on any atom is 0.248 e. The van der Waals surface area contributed by atoms with E-state index in [1.165, 1.54) is 73.6 Å². The van der Waals surface area contributed by atoms with Crippen LogP contribution in [-0.2, 0) is 52.6 Å². The van der Waals surface area contributed by atoms with Crippen molar-refractivity contribution >= 4 is 70.7 Å². The zero-order valence-corrected chi connectivity index (χ0v) is 52.8. The maximum absolute atomic E-state index is 11.7. The van der Waals surface area contributed by atoms with E-state index in [4.69, 9.17) is 14.2 Å². The Balaban J connectivity index is -0.000000885. The van der Waals surface area contributed by atoms with Crippen LogP contribution in [0.4, 0.5) is 0 Å². The van der Waals surface area contributed by atoms with Gasteiger partial charge in [0.2, 0.25) is 41.4 Å². The van der Waals surface area contributed by atoms with Gasteiger partial charge in [-0.3, -0.25) is 43.4 Å². The normalized spacial score (nSPS) is 15.9. The van der Waals surface area contributed by atoms with Gasteiger partial charge in [0, 0.05) is 66.8 Å². The third-order valence-electron chi connectivity index (χ3n) is 10.6. The number of hydrogen-bond acceptors (Lipinski definition) is 13. The zero-order chi connectivity index (χ0) is 58.8. The van der Waals surface area contributed by atoms with Crippen LogP contribution in [-0.4, -0.2) is 165 Å². The quantitative estimate of drug-likeness (QED) is 0.0648. The summed E-state index contributed by atoms with van der Waals surface area (Å²) in [5.74, 6) is 1.35. The van der Waals surface area contributed by atoms with E-state index in [-0.39, 0.29) is 94.3 Å². The number of likely N-dealkylation sites (tertiary alicyclic amines) is 2. The summed E-state index contributed by atoms with van der Waals surface area (Å²) < 4.78 is 15.7. The Morgan fingerprint density at radius 3 is 1.27 bits per heavy atom. The fourth-order valence-corrected chi connectivity index (χ4v) is 8.52. The second-order valence-electron chi connectivity index (χ2n) is 25.7. The van der Waals surface area contributed by atoms with E-state index >= 15 is 0 Å². The van der Waals surface area contributed by atoms with E-state index in [2.05, 4.69) is 93.7 Å². The van der Waals surface area contributed by atoms with E-state index in [9.17, 15) is 38.4 Å². The van der Waals surface area contributed by atoms with Crippen LogP contribution in [0.5, 0.6) is 0 Å². The van der Waals surface area contributed by atoms with Gasteiger partial charge in [-0.1, -0.05) is 136 Å². The molecule has 0 spiro atoms. The first-order valence-corrected chi connectivity index (χ1v) is 29.1. The van der Waals surface area contributed by atoms with Gasteiger partial charge in [0.1, 0.15) is 25.6 Å². The number of unbranched alkanes of at least 4 members (excludes halogenated alkanes) is 5. The largest absolute Gasteiger partial charge is 0.371 e. The molecule has 0 bridgehead atoms. The summed E-state index contributed by atoms with van der Waals surface area (Å²) in [5, 5.41) is 4.79. The second kappa shape index (κ2) is 39.3. The molecule has 2 unspecified atom stereocenters. The molecule has 2 fully saturated rings. The van der Waals surface area contributed by atoms with Gasteiger partial charge in [-0.15, -0.1) is 23.5 Å². The van der Waals surface area contributed by atoms with Gasteiger partial charge in [-0.05, 0) is 65.4 Å². The number of thioether (sulfide) groups is 2. The van der Waals surface area contributed by atoms with Crippen LogP contribution in [0.3, 0.4) is 0 Å². The number of rotatable bonds is 25. The molecule has 2 saturated heterocycles. The standard InChI is InChI=1S/C14H24N2O4S.C14H25NO2S.C12H24O.C9H19NO2.C8H17NO2/c1-14(2,3)9-20-8-11(17)15-5-6-21-10-7-12(18)16(4)13(10)19;1-14(2,3)8-6-5-7-9-18-11-10-12(16)15(4)13(11)17;1-11(13)9-7-5-6-8-10-12(2,3)4;1-9(2,3)7-12-6-8(11)10(4)5;1-8(2,3)6-11-5-7(10)9-4/h10H,5-9H2,1-4H3,(H,15,17);11H,5-10H2,1-4H3;5-10H2,1-4H3;6-7H2,1-5H3;5-6H2,1-4H3,(H,9,10). The molecule has 2 N–H and O–H groups in total. The third kappa shape index (κ3) is 49.0. The predicted octanol–water partition coefficient (Wildman–Crippen LogP) is 9.63. The average molecular weight is 1100 g/mol. The van der Waals surface area contributed by atoms with Crippen molar-refractivity contribution < 1.29 is 52.6 Å². The highest BCUT2D eigenvalue weighted by atomic mass is 32.2. The van der Waals surface area contributed by atoms with E-state index in [1.54, 1.807) is 46.9 Å². The van der Waals surface area contributed by atoms with Gasteiger partial charge in [-0.2, -0.15) is 0 Å². The summed E-state index contributed by atoms with van der Waals surface area (Å²) in [5.41, 5.74) is 1.20. The molecule has 16 nitrogen and oxygen atoms in total. The molecule has 2 heterocycles. The average Bonchev–Trinajstić information content (AvgIpc) is 3.65. The highest BCUT2D eigenvalue weighted by Gasteiger charge is 2.37. The number of imide groups is 2. The van der Waals surface area contributed by atoms with Crippen LogP contribution in [0.15, 0.2) is 0 Å². The number of ether oxygens (including phenoxy) is 3. The van der Waals surface area contributed by atoms with Crippen LogP contribution >= 0.6 is 23.5 Å². The number of nitrogens with zero attached hydrogens (tertiary/aromatic N) is 3. The number of ketones is 1. The maximum atomic E-state index is 11.7. The van der Waals surface area contributed by atoms with E-state index in [0.717, 1.165) is 29.9 Å². The van der Waals surface area contributed by atoms with Crippen LogP contribution in [0.25, 0.3) is 0 Å². The molecule has 7 amide bonds. The Kier molecular flexibility index (Phi) is 39.9. The Hall–Kier alpha value is -3.06. The second-order valence-corrected chi connectivity index (χ2v) is 28.4. The number of nitrogens with one attached hydrogen (secondary N) is 2. The molecule has 2 aliphatic heterocycles. The smallest absolute Gasteiger partial charge is 0.248 e. The van der Waals surface area contributed by atoms with Crippen molar-refractivity contribution in [2.24, 2.45) is 27.1 Å². The first-order valence-electron chi connectivity index (χ1n) is 27.0. The van der Waals surface area contributed by atoms with Gasteiger partial charge in [-0.25, -0.2) is 0 Å². The minimum Gasteiger partial charge on any atom is -0.371 e. The molecule has 75 heavy (non-hydrogen) atoms. The van der Waals surface area contributed by atoms with Crippen molar-refractivity contribution in [3.8, 4) is 0 Å². The molecule has 440 valence electrons. The molecule has 2 atom stereocenters. The number of carbonyl (C=O) groups is 8. The Labute approximate surface area is 464 Å². The number of hydrogen-bond donors (Lipinski definition) is 2. The summed E-state index contributed by atoms with van der Waals surface area (Å²) in [6.07, 6.45) is 12.5. The van der Waals surface area contributed by atoms with Crippen molar-refractivity contribution in [3.05, 3.63) is 0 Å². The molecule has 2 aliphatic rings. The van der Waals surface area contributed by atoms with Crippen molar-refractivity contribution in [1.82, 2.24) is 25.3 Å². The summed E-state index contributed by atoms with van der Waals surface area (Å²) in [6, 6.07) is 0. The lowest BCUT2D eigenvalue weighted by Gasteiger charge is -2.18. The molecule has 0 saturated carbocycles. The van der Waals surface area contributed by atoms with Crippen LogP contribution in [0.2, 0.25) is 0 Å². The van der Waals surface area contributed by atoms with Crippen molar-refractivity contribution in [1.29, 1.82) is 0 Å². The summed E-state index contributed by atoms with van der Waals surface area (Å²) in [4.78, 5) is 93.8. The summed E-state index contributed by atoms with van der Waals surface area (Å²) in [6.45, 7) is 36.5. The molecule has 0 radical (unpaired) electrons. The fraction of sp³-hybridized carbons (Fsp3) is 0.860. The number of carbonyl (C=O) groups excluding carboxylic acids is 8. The van der Waals surface area contributed by atoms with Gasteiger partial charge < -0.3 is 34.5 Å². The number of Topliss-reactive ketones (excluding diaryl/α,β-unsaturated/α-hetero) is 1. The first kappa shape index (κ1) is 76.2. The topological polar surface area (TPSA) is 198 Å². The van der Waals surface area contributed by atoms with E-state index in [0.29, 0.717) is 55.2 Å². The van der Waals surface area contributed by atoms with Gasteiger partial charge in [0.05, 0.1) is 30.3 Å². The van der Waals surface area contributed by atoms with Crippen molar-refractivity contribution in [2.75, 3.05) is 92.9 Å². The van der Waals surface area contributed by atoms with Gasteiger partial charge in [0.25, 0.3) is 0 Å². The molecule has 0 aromatic heterocycles. The Morgan fingerprint density at radius 1 is 0.547 bits per heavy atom. The fourth-order valence-electron chi connectivity index (χ4n) is 6.23. The Morgan fingerprint density at radius 2 is 0.920 bits per heavy atom. The summed E-state index contributed by atoms with van der Waals surface area (Å²) >= 11 is 3.05. The molecular formula is C57H109N5O11S2.